The largest absolute Gasteiger partial charge is 0.450 e. The number of carbonyl (C=O) groups is 3. The molecule has 0 atom stereocenters. The van der Waals surface area contributed by atoms with Gasteiger partial charge < -0.3 is 15.0 Å². The first kappa shape index (κ1) is 24.0. The fraction of sp³-hybridized carbons (Fsp3) is 0.250. The topological polar surface area (TPSA) is 87.7 Å². The predicted molar refractivity (Wildman–Crippen MR) is 109 cm³/mol. The Hall–Kier alpha value is -3.27. The number of alkyl halides is 3. The maximum Gasteiger partial charge on any atom is 0.417 e. The van der Waals surface area contributed by atoms with Gasteiger partial charge in [0.05, 0.1) is 23.7 Å². The second-order valence-corrected chi connectivity index (χ2v) is 6.73. The molecule has 0 aliphatic carbocycles. The van der Waals surface area contributed by atoms with Gasteiger partial charge in [-0.2, -0.15) is 13.2 Å². The molecule has 0 bridgehead atoms. The van der Waals surface area contributed by atoms with Gasteiger partial charge in [-0.05, 0) is 49.4 Å². The molecular formula is C20H19ClF3N3O4. The highest BCUT2D eigenvalue weighted by molar-refractivity contribution is 6.31. The van der Waals surface area contributed by atoms with Crippen LogP contribution in [0.2, 0.25) is 5.02 Å². The van der Waals surface area contributed by atoms with E-state index < -0.39 is 41.2 Å². The van der Waals surface area contributed by atoms with Crippen LogP contribution in [0.15, 0.2) is 42.5 Å². The smallest absolute Gasteiger partial charge is 0.417 e. The highest BCUT2D eigenvalue weighted by atomic mass is 35.5. The molecule has 166 valence electrons. The highest BCUT2D eigenvalue weighted by Gasteiger charge is 2.33. The number of ether oxygens (including phenoxy) is 1. The number of anilines is 2. The molecule has 0 heterocycles. The van der Waals surface area contributed by atoms with E-state index in [9.17, 15) is 27.6 Å². The van der Waals surface area contributed by atoms with Crippen LogP contribution in [0, 0.1) is 0 Å². The van der Waals surface area contributed by atoms with E-state index in [2.05, 4.69) is 10.6 Å². The molecule has 0 aromatic heterocycles. The standard InChI is InChI=1S/C20H19ClF3N3O4/c1-3-31-19(30)26-13-6-4-12(5-7-13)18(29)27(2)11-17(28)25-14-8-9-16(21)15(10-14)20(22,23)24/h4-10H,3,11H2,1-2H3,(H,25,28)(H,26,30). The van der Waals surface area contributed by atoms with Crippen LogP contribution >= 0.6 is 11.6 Å². The first-order valence-corrected chi connectivity index (χ1v) is 9.35. The third-order valence-corrected chi connectivity index (χ3v) is 4.27. The zero-order valence-electron chi connectivity index (χ0n) is 16.5. The molecule has 0 saturated heterocycles. The first-order chi connectivity index (χ1) is 14.5. The van der Waals surface area contributed by atoms with Crippen molar-refractivity contribution in [1.82, 2.24) is 4.90 Å². The molecule has 2 N–H and O–H groups in total. The molecule has 0 aliphatic rings. The van der Waals surface area contributed by atoms with E-state index in [1.807, 2.05) is 0 Å². The van der Waals surface area contributed by atoms with Crippen molar-refractivity contribution in [3.8, 4) is 0 Å². The van der Waals surface area contributed by atoms with Crippen molar-refractivity contribution in [2.24, 2.45) is 0 Å². The molecule has 2 aromatic carbocycles. The lowest BCUT2D eigenvalue weighted by Gasteiger charge is -2.18. The van der Waals surface area contributed by atoms with E-state index in [0.29, 0.717) is 5.69 Å². The normalized spacial score (nSPS) is 10.9. The van der Waals surface area contributed by atoms with Crippen LogP contribution in [0.5, 0.6) is 0 Å². The Labute approximate surface area is 181 Å². The second kappa shape index (κ2) is 10.2. The fourth-order valence-electron chi connectivity index (χ4n) is 2.51. The minimum atomic E-state index is -4.67. The number of hydrogen-bond acceptors (Lipinski definition) is 4. The van der Waals surface area contributed by atoms with Crippen molar-refractivity contribution in [1.29, 1.82) is 0 Å². The zero-order valence-corrected chi connectivity index (χ0v) is 17.3. The highest BCUT2D eigenvalue weighted by Crippen LogP contribution is 2.36. The van der Waals surface area contributed by atoms with Crippen LogP contribution in [-0.2, 0) is 15.7 Å². The summed E-state index contributed by atoms with van der Waals surface area (Å²) < 4.78 is 43.5. The molecule has 2 aromatic rings. The van der Waals surface area contributed by atoms with Gasteiger partial charge in [0.2, 0.25) is 5.91 Å². The number of hydrogen-bond donors (Lipinski definition) is 2. The lowest BCUT2D eigenvalue weighted by molar-refractivity contribution is -0.137. The molecule has 0 aliphatic heterocycles. The molecule has 0 saturated carbocycles. The lowest BCUT2D eigenvalue weighted by atomic mass is 10.2. The predicted octanol–water partition coefficient (Wildman–Crippen LogP) is 4.64. The van der Waals surface area contributed by atoms with Crippen molar-refractivity contribution in [3.05, 3.63) is 58.6 Å². The third-order valence-electron chi connectivity index (χ3n) is 3.94. The van der Waals surface area contributed by atoms with E-state index >= 15 is 0 Å². The van der Waals surface area contributed by atoms with E-state index in [4.69, 9.17) is 16.3 Å². The second-order valence-electron chi connectivity index (χ2n) is 6.32. The number of nitrogens with one attached hydrogen (secondary N) is 2. The minimum Gasteiger partial charge on any atom is -0.450 e. The number of likely N-dealkylation sites (N-methyl/N-ethyl adjacent to an activating group) is 1. The Morgan fingerprint density at radius 3 is 2.23 bits per heavy atom. The lowest BCUT2D eigenvalue weighted by Crippen LogP contribution is -2.35. The van der Waals surface area contributed by atoms with Gasteiger partial charge in [-0.1, -0.05) is 11.6 Å². The average Bonchev–Trinajstić information content (AvgIpc) is 2.68. The van der Waals surface area contributed by atoms with Crippen molar-refractivity contribution in [3.63, 3.8) is 0 Å². The molecule has 7 nitrogen and oxygen atoms in total. The molecule has 11 heteroatoms. The first-order valence-electron chi connectivity index (χ1n) is 8.97. The number of halogens is 4. The van der Waals surface area contributed by atoms with Gasteiger partial charge >= 0.3 is 12.3 Å². The Morgan fingerprint density at radius 2 is 1.65 bits per heavy atom. The van der Waals surface area contributed by atoms with Crippen molar-refractivity contribution in [2.75, 3.05) is 30.8 Å². The van der Waals surface area contributed by atoms with Crippen LogP contribution in [0.4, 0.5) is 29.3 Å². The van der Waals surface area contributed by atoms with Crippen LogP contribution in [0.25, 0.3) is 0 Å². The number of rotatable bonds is 6. The van der Waals surface area contributed by atoms with Gasteiger partial charge in [0.25, 0.3) is 5.91 Å². The SMILES string of the molecule is CCOC(=O)Nc1ccc(C(=O)N(C)CC(=O)Nc2ccc(Cl)c(C(F)(F)F)c2)cc1. The minimum absolute atomic E-state index is 0.100. The molecular weight excluding hydrogens is 439 g/mol. The fourth-order valence-corrected chi connectivity index (χ4v) is 2.73. The third kappa shape index (κ3) is 6.88. The molecule has 2 rings (SSSR count). The van der Waals surface area contributed by atoms with Gasteiger partial charge in [0, 0.05) is 24.0 Å². The van der Waals surface area contributed by atoms with Gasteiger partial charge in [-0.25, -0.2) is 4.79 Å². The van der Waals surface area contributed by atoms with Crippen LogP contribution in [0.3, 0.4) is 0 Å². The summed E-state index contributed by atoms with van der Waals surface area (Å²) >= 11 is 5.55. The van der Waals surface area contributed by atoms with Crippen molar-refractivity contribution < 1.29 is 32.3 Å². The molecule has 0 fully saturated rings. The van der Waals surface area contributed by atoms with Gasteiger partial charge in [-0.3, -0.25) is 14.9 Å². The van der Waals surface area contributed by atoms with Crippen LogP contribution < -0.4 is 10.6 Å². The summed E-state index contributed by atoms with van der Waals surface area (Å²) in [6.45, 7) is 1.48. The summed E-state index contributed by atoms with van der Waals surface area (Å²) in [5.74, 6) is -1.18. The Bertz CT molecular complexity index is 965. The summed E-state index contributed by atoms with van der Waals surface area (Å²) in [5.41, 5.74) is -0.515. The number of nitrogens with zero attached hydrogens (tertiary/aromatic N) is 1. The van der Waals surface area contributed by atoms with Crippen molar-refractivity contribution in [2.45, 2.75) is 13.1 Å². The Kier molecular flexibility index (Phi) is 7.87. The van der Waals surface area contributed by atoms with E-state index in [1.165, 1.54) is 37.4 Å². The maximum atomic E-state index is 12.9. The van der Waals surface area contributed by atoms with E-state index in [1.54, 1.807) is 6.92 Å². The van der Waals surface area contributed by atoms with Gasteiger partial charge in [-0.15, -0.1) is 0 Å². The summed E-state index contributed by atoms with van der Waals surface area (Å²) in [6, 6.07) is 8.86. The van der Waals surface area contributed by atoms with Crippen LogP contribution in [0.1, 0.15) is 22.8 Å². The summed E-state index contributed by atoms with van der Waals surface area (Å²) in [5, 5.41) is 4.30. The van der Waals surface area contributed by atoms with Crippen LogP contribution in [-0.4, -0.2) is 43.0 Å². The number of carbonyl (C=O) groups excluding carboxylic acids is 3. The van der Waals surface area contributed by atoms with Crippen molar-refractivity contribution >= 4 is 40.9 Å². The zero-order chi connectivity index (χ0) is 23.2. The Morgan fingerprint density at radius 1 is 1.03 bits per heavy atom. The quantitative estimate of drug-likeness (QED) is 0.661. The molecule has 0 spiro atoms. The maximum absolute atomic E-state index is 12.9. The van der Waals surface area contributed by atoms with Gasteiger partial charge in [0.15, 0.2) is 0 Å². The summed E-state index contributed by atoms with van der Waals surface area (Å²) in [4.78, 5) is 37.1. The summed E-state index contributed by atoms with van der Waals surface area (Å²) in [7, 11) is 1.37. The number of benzene rings is 2. The number of amides is 3. The van der Waals surface area contributed by atoms with E-state index in [-0.39, 0.29) is 17.9 Å². The molecule has 0 radical (unpaired) electrons. The molecule has 31 heavy (non-hydrogen) atoms. The van der Waals surface area contributed by atoms with Gasteiger partial charge in [0.1, 0.15) is 0 Å². The average molecular weight is 458 g/mol. The monoisotopic (exact) mass is 457 g/mol. The summed E-state index contributed by atoms with van der Waals surface area (Å²) in [6.07, 6.45) is -5.30. The Balaban J connectivity index is 1.98. The molecule has 0 unspecified atom stereocenters. The molecule has 3 amide bonds. The van der Waals surface area contributed by atoms with E-state index in [0.717, 1.165) is 17.0 Å².